The van der Waals surface area contributed by atoms with Crippen LogP contribution < -0.4 is 30.1 Å². The summed E-state index contributed by atoms with van der Waals surface area (Å²) in [6, 6.07) is 0. The molecule has 0 aromatic heterocycles. The summed E-state index contributed by atoms with van der Waals surface area (Å²) < 4.78 is 0. The summed E-state index contributed by atoms with van der Waals surface area (Å²) in [5, 5.41) is 50.5. The smallest absolute Gasteiger partial charge is 0.907 e. The van der Waals surface area contributed by atoms with Crippen LogP contribution >= 0.6 is 0 Å². The molecule has 0 aromatic rings. The average molecular weight is 223 g/mol. The molecule has 6 nitrogen and oxygen atoms in total. The Balaban J connectivity index is -0.0000000171. The van der Waals surface area contributed by atoms with Crippen molar-refractivity contribution in [3.63, 3.8) is 0 Å². The second-order valence-corrected chi connectivity index (χ2v) is 0.577. The summed E-state index contributed by atoms with van der Waals surface area (Å²) in [4.78, 5) is 0. The molecule has 0 radical (unpaired) electrons. The first-order valence-corrected chi connectivity index (χ1v) is 1.41. The quantitative estimate of drug-likeness (QED) is 0.374. The molecule has 0 N–H and O–H groups in total. The van der Waals surface area contributed by atoms with Crippen molar-refractivity contribution in [1.29, 1.82) is 0 Å². The summed E-state index contributed by atoms with van der Waals surface area (Å²) in [5.74, 6) is 0. The Morgan fingerprint density at radius 2 is 0.545 bits per heavy atom. The molecular weight excluding hydrogens is 223 g/mol. The van der Waals surface area contributed by atoms with Crippen LogP contribution in [-0.4, -0.2) is 80.4 Å². The Labute approximate surface area is 109 Å². The minimum atomic E-state index is -2.92. The third kappa shape index (κ3) is 378. The molecule has 48 valence electrons. The van der Waals surface area contributed by atoms with Gasteiger partial charge in [0.15, 0.2) is 0 Å². The van der Waals surface area contributed by atoms with E-state index in [0.717, 1.165) is 0 Å². The molecule has 0 aliphatic heterocycles. The van der Waals surface area contributed by atoms with Gasteiger partial charge in [-0.3, -0.25) is 14.6 Å². The average Bonchev–Trinajstić information content (AvgIpc) is 1.25. The molecule has 0 aromatic carbocycles. The fraction of sp³-hybridized carbons (Fsp3) is 0. The molecule has 0 aliphatic rings. The maximum absolute atomic E-state index is 8.42. The molecule has 0 rings (SSSR count). The minimum Gasteiger partial charge on any atom is -0.907 e. The summed E-state index contributed by atoms with van der Waals surface area (Å²) in [5.41, 5.74) is 0. The van der Waals surface area contributed by atoms with Crippen LogP contribution in [0, 0.1) is 0 Å². The van der Waals surface area contributed by atoms with Gasteiger partial charge in [-0.2, -0.15) is 0 Å². The first-order chi connectivity index (χ1) is 3.46. The Morgan fingerprint density at radius 1 is 0.545 bits per heavy atom. The van der Waals surface area contributed by atoms with E-state index in [1.165, 1.54) is 0 Å². The molecule has 0 aliphatic carbocycles. The van der Waals surface area contributed by atoms with Crippen molar-refractivity contribution in [1.82, 2.24) is 0 Å². The van der Waals surface area contributed by atoms with Crippen molar-refractivity contribution < 1.29 is 30.1 Å². The standard InChI is InChI=1S/2BO3.2Be.Sr/c2*2-1(3)4;;;/q2*-3;3*+2. The van der Waals surface area contributed by atoms with E-state index >= 15 is 0 Å². The van der Waals surface area contributed by atoms with E-state index in [1.807, 2.05) is 0 Å². The second kappa shape index (κ2) is 22.6. The Bertz CT molecular complexity index is 34.1. The first kappa shape index (κ1) is 29.3. The second-order valence-electron chi connectivity index (χ2n) is 0.577. The molecule has 0 bridgehead atoms. The van der Waals surface area contributed by atoms with Crippen molar-refractivity contribution in [2.45, 2.75) is 0 Å². The third-order valence-corrected chi connectivity index (χ3v) is 0. The van der Waals surface area contributed by atoms with Crippen LogP contribution in [0.1, 0.15) is 0 Å². The van der Waals surface area contributed by atoms with Gasteiger partial charge in [-0.15, -0.1) is 0 Å². The zero-order chi connectivity index (χ0) is 7.15. The van der Waals surface area contributed by atoms with E-state index < -0.39 is 14.6 Å². The molecule has 0 fully saturated rings. The number of hydrogen-bond donors (Lipinski definition) is 0. The zero-order valence-corrected chi connectivity index (χ0v) is 9.20. The van der Waals surface area contributed by atoms with Gasteiger partial charge in [0.25, 0.3) is 0 Å². The van der Waals surface area contributed by atoms with E-state index in [-0.39, 0.29) is 65.7 Å². The number of rotatable bonds is 0. The van der Waals surface area contributed by atoms with E-state index in [1.54, 1.807) is 0 Å². The minimum absolute atomic E-state index is 0. The predicted octanol–water partition coefficient (Wildman–Crippen LogP) is -9.04. The van der Waals surface area contributed by atoms with Crippen LogP contribution in [0.3, 0.4) is 0 Å². The van der Waals surface area contributed by atoms with E-state index in [9.17, 15) is 0 Å². The summed E-state index contributed by atoms with van der Waals surface area (Å²) in [6.07, 6.45) is 0. The normalized spacial score (nSPS) is 4.91. The Kier molecular flexibility index (Phi) is 60.2. The van der Waals surface area contributed by atoms with Gasteiger partial charge in [0.1, 0.15) is 0 Å². The fourth-order valence-corrected chi connectivity index (χ4v) is 0. The Morgan fingerprint density at radius 3 is 0.545 bits per heavy atom. The van der Waals surface area contributed by atoms with Gasteiger partial charge in [-0.05, 0) is 0 Å². The van der Waals surface area contributed by atoms with Crippen LogP contribution in [0.5, 0.6) is 0 Å². The molecule has 0 spiro atoms. The van der Waals surface area contributed by atoms with Crippen LogP contribution in [0.4, 0.5) is 0 Å². The summed E-state index contributed by atoms with van der Waals surface area (Å²) >= 11 is 0. The van der Waals surface area contributed by atoms with Crippen LogP contribution in [-0.2, 0) is 0 Å². The van der Waals surface area contributed by atoms with Gasteiger partial charge in [0.2, 0.25) is 0 Å². The Hall–Kier alpha value is 1.71. The van der Waals surface area contributed by atoms with E-state index in [4.69, 9.17) is 30.1 Å². The molecule has 0 saturated heterocycles. The first-order valence-electron chi connectivity index (χ1n) is 1.41. The zero-order valence-electron chi connectivity index (χ0n) is 5.73. The molecule has 0 atom stereocenters. The molecule has 0 amide bonds. The van der Waals surface area contributed by atoms with Crippen molar-refractivity contribution >= 4 is 80.4 Å². The van der Waals surface area contributed by atoms with Gasteiger partial charge in [0, 0.05) is 0 Å². The van der Waals surface area contributed by atoms with E-state index in [0.29, 0.717) is 0 Å². The molecular formula is B2Be2O6Sr. The van der Waals surface area contributed by atoms with Crippen LogP contribution in [0.15, 0.2) is 0 Å². The summed E-state index contributed by atoms with van der Waals surface area (Å²) in [6.45, 7) is 0. The van der Waals surface area contributed by atoms with Crippen LogP contribution in [0.2, 0.25) is 0 Å². The van der Waals surface area contributed by atoms with Gasteiger partial charge in [0.05, 0.1) is 0 Å². The monoisotopic (exact) mass is 224 g/mol. The number of hydrogen-bond acceptors (Lipinski definition) is 6. The maximum Gasteiger partial charge on any atom is 2.00 e. The van der Waals surface area contributed by atoms with Gasteiger partial charge >= 0.3 is 65.7 Å². The molecule has 0 heterocycles. The van der Waals surface area contributed by atoms with Crippen LogP contribution in [0.25, 0.3) is 0 Å². The third-order valence-electron chi connectivity index (χ3n) is 0. The topological polar surface area (TPSA) is 138 Å². The maximum atomic E-state index is 8.42. The largest absolute Gasteiger partial charge is 2.00 e. The summed E-state index contributed by atoms with van der Waals surface area (Å²) in [7, 11) is -5.83. The molecule has 11 heavy (non-hydrogen) atoms. The SMILES string of the molecule is [Be+2].[Be+2].[O-]B([O-])[O-].[O-]B([O-])[O-].[Sr+2]. The van der Waals surface area contributed by atoms with Crippen molar-refractivity contribution in [2.24, 2.45) is 0 Å². The van der Waals surface area contributed by atoms with Gasteiger partial charge in [-0.25, -0.2) is 0 Å². The molecule has 11 heteroatoms. The molecule has 0 unspecified atom stereocenters. The van der Waals surface area contributed by atoms with Gasteiger partial charge in [-0.1, -0.05) is 0 Å². The predicted molar refractivity (Wildman–Crippen MR) is 28.8 cm³/mol. The van der Waals surface area contributed by atoms with Crippen molar-refractivity contribution in [3.05, 3.63) is 0 Å². The molecule has 0 saturated carbocycles. The fourth-order valence-electron chi connectivity index (χ4n) is 0. The van der Waals surface area contributed by atoms with Gasteiger partial charge < -0.3 is 30.1 Å². The van der Waals surface area contributed by atoms with Crippen molar-refractivity contribution in [3.8, 4) is 0 Å². The van der Waals surface area contributed by atoms with Crippen molar-refractivity contribution in [2.75, 3.05) is 0 Å². The van der Waals surface area contributed by atoms with E-state index in [2.05, 4.69) is 0 Å².